The van der Waals surface area contributed by atoms with Gasteiger partial charge in [0.15, 0.2) is 0 Å². The van der Waals surface area contributed by atoms with Crippen LogP contribution in [0.2, 0.25) is 0 Å². The monoisotopic (exact) mass is 229 g/mol. The number of nitrogens with zero attached hydrogens (tertiary/aromatic N) is 2. The second-order valence-corrected chi connectivity index (χ2v) is 4.64. The molecule has 0 amide bonds. The minimum absolute atomic E-state index is 0.822. The Morgan fingerprint density at radius 2 is 1.76 bits per heavy atom. The fraction of sp³-hybridized carbons (Fsp3) is 0.357. The van der Waals surface area contributed by atoms with Crippen molar-refractivity contribution in [1.29, 1.82) is 0 Å². The minimum atomic E-state index is 0.822. The van der Waals surface area contributed by atoms with Gasteiger partial charge in [-0.1, -0.05) is 6.07 Å². The Bertz CT molecular complexity index is 506. The molecule has 0 spiro atoms. The predicted octanol–water partition coefficient (Wildman–Crippen LogP) is 2.96. The zero-order chi connectivity index (χ0) is 12.4. The number of hydrogen-bond acceptors (Lipinski definition) is 2. The van der Waals surface area contributed by atoms with E-state index >= 15 is 0 Å². The van der Waals surface area contributed by atoms with Crippen molar-refractivity contribution in [2.45, 2.75) is 27.3 Å². The van der Waals surface area contributed by atoms with E-state index in [1.54, 1.807) is 0 Å². The Hall–Kier alpha value is -1.77. The highest BCUT2D eigenvalue weighted by molar-refractivity contribution is 5.48. The van der Waals surface area contributed by atoms with Crippen molar-refractivity contribution >= 4 is 5.69 Å². The van der Waals surface area contributed by atoms with E-state index in [1.807, 2.05) is 18.7 Å². The molecule has 17 heavy (non-hydrogen) atoms. The second-order valence-electron chi connectivity index (χ2n) is 4.64. The van der Waals surface area contributed by atoms with Crippen molar-refractivity contribution in [3.63, 3.8) is 0 Å². The first-order chi connectivity index (χ1) is 8.04. The molecule has 0 radical (unpaired) electrons. The summed E-state index contributed by atoms with van der Waals surface area (Å²) in [7, 11) is 1.95. The lowest BCUT2D eigenvalue weighted by atomic mass is 10.1. The minimum Gasteiger partial charge on any atom is -0.381 e. The standard InChI is InChI=1S/C14H19N3/c1-10-5-11(2)7-14(6-10)15-8-13-9-17(4)16-12(13)3/h5-7,9,15H,8H2,1-4H3. The first-order valence-electron chi connectivity index (χ1n) is 5.86. The molecule has 1 aromatic heterocycles. The molecule has 1 heterocycles. The molecule has 1 aromatic carbocycles. The van der Waals surface area contributed by atoms with Crippen LogP contribution in [0.25, 0.3) is 0 Å². The van der Waals surface area contributed by atoms with Crippen molar-refractivity contribution in [2.24, 2.45) is 7.05 Å². The number of hydrogen-bond donors (Lipinski definition) is 1. The Morgan fingerprint density at radius 1 is 1.12 bits per heavy atom. The van der Waals surface area contributed by atoms with Gasteiger partial charge in [-0.25, -0.2) is 0 Å². The van der Waals surface area contributed by atoms with E-state index in [-0.39, 0.29) is 0 Å². The van der Waals surface area contributed by atoms with Crippen LogP contribution in [-0.4, -0.2) is 9.78 Å². The largest absolute Gasteiger partial charge is 0.381 e. The smallest absolute Gasteiger partial charge is 0.0643 e. The first-order valence-corrected chi connectivity index (χ1v) is 5.86. The van der Waals surface area contributed by atoms with E-state index in [2.05, 4.69) is 48.7 Å². The van der Waals surface area contributed by atoms with Crippen LogP contribution in [0, 0.1) is 20.8 Å². The van der Waals surface area contributed by atoms with Crippen LogP contribution < -0.4 is 5.32 Å². The molecule has 90 valence electrons. The zero-order valence-corrected chi connectivity index (χ0v) is 10.9. The Kier molecular flexibility index (Phi) is 3.18. The molecule has 3 nitrogen and oxygen atoms in total. The average Bonchev–Trinajstić information content (AvgIpc) is 2.53. The maximum Gasteiger partial charge on any atom is 0.0643 e. The summed E-state index contributed by atoms with van der Waals surface area (Å²) < 4.78 is 1.86. The number of aromatic nitrogens is 2. The maximum absolute atomic E-state index is 4.34. The summed E-state index contributed by atoms with van der Waals surface area (Å²) in [5.41, 5.74) is 6.08. The summed E-state index contributed by atoms with van der Waals surface area (Å²) in [6, 6.07) is 6.51. The van der Waals surface area contributed by atoms with Crippen LogP contribution >= 0.6 is 0 Å². The Balaban J connectivity index is 2.09. The highest BCUT2D eigenvalue weighted by Crippen LogP contribution is 2.15. The van der Waals surface area contributed by atoms with Gasteiger partial charge in [0.2, 0.25) is 0 Å². The van der Waals surface area contributed by atoms with Crippen molar-refractivity contribution in [3.05, 3.63) is 46.8 Å². The third-order valence-electron chi connectivity index (χ3n) is 2.82. The van der Waals surface area contributed by atoms with Gasteiger partial charge in [-0.2, -0.15) is 5.10 Å². The van der Waals surface area contributed by atoms with Gasteiger partial charge in [0.1, 0.15) is 0 Å². The van der Waals surface area contributed by atoms with E-state index in [1.165, 1.54) is 22.4 Å². The molecule has 2 rings (SSSR count). The lowest BCUT2D eigenvalue weighted by molar-refractivity contribution is 0.756. The molecule has 2 aromatic rings. The molecular formula is C14H19N3. The predicted molar refractivity (Wildman–Crippen MR) is 71.2 cm³/mol. The van der Waals surface area contributed by atoms with Gasteiger partial charge in [-0.15, -0.1) is 0 Å². The number of benzene rings is 1. The van der Waals surface area contributed by atoms with Crippen molar-refractivity contribution in [2.75, 3.05) is 5.32 Å². The fourth-order valence-corrected chi connectivity index (χ4v) is 2.10. The van der Waals surface area contributed by atoms with Gasteiger partial charge in [0, 0.05) is 31.0 Å². The van der Waals surface area contributed by atoms with E-state index in [4.69, 9.17) is 0 Å². The van der Waals surface area contributed by atoms with Crippen LogP contribution in [0.3, 0.4) is 0 Å². The third-order valence-corrected chi connectivity index (χ3v) is 2.82. The topological polar surface area (TPSA) is 29.9 Å². The lowest BCUT2D eigenvalue weighted by Crippen LogP contribution is -2.00. The van der Waals surface area contributed by atoms with E-state index in [0.29, 0.717) is 0 Å². The SMILES string of the molecule is Cc1cc(C)cc(NCc2cn(C)nc2C)c1. The summed E-state index contributed by atoms with van der Waals surface area (Å²) >= 11 is 0. The lowest BCUT2D eigenvalue weighted by Gasteiger charge is -2.07. The van der Waals surface area contributed by atoms with Crippen LogP contribution in [0.5, 0.6) is 0 Å². The van der Waals surface area contributed by atoms with Gasteiger partial charge in [0.05, 0.1) is 5.69 Å². The molecule has 0 saturated heterocycles. The van der Waals surface area contributed by atoms with Gasteiger partial charge >= 0.3 is 0 Å². The zero-order valence-electron chi connectivity index (χ0n) is 10.9. The first kappa shape index (κ1) is 11.7. The van der Waals surface area contributed by atoms with Crippen molar-refractivity contribution in [3.8, 4) is 0 Å². The summed E-state index contributed by atoms with van der Waals surface area (Å²) in [4.78, 5) is 0. The van der Waals surface area contributed by atoms with Crippen LogP contribution in [0.15, 0.2) is 24.4 Å². The number of aryl methyl sites for hydroxylation is 4. The molecule has 0 fully saturated rings. The molecule has 0 aliphatic rings. The summed E-state index contributed by atoms with van der Waals surface area (Å²) in [5.74, 6) is 0. The van der Waals surface area contributed by atoms with Crippen LogP contribution in [-0.2, 0) is 13.6 Å². The summed E-state index contributed by atoms with van der Waals surface area (Å²) in [6.45, 7) is 7.10. The third kappa shape index (κ3) is 2.87. The quantitative estimate of drug-likeness (QED) is 0.877. The number of anilines is 1. The van der Waals surface area contributed by atoms with E-state index in [9.17, 15) is 0 Å². The summed E-state index contributed by atoms with van der Waals surface area (Å²) in [6.07, 6.45) is 2.06. The molecule has 0 unspecified atom stereocenters. The van der Waals surface area contributed by atoms with Crippen LogP contribution in [0.4, 0.5) is 5.69 Å². The van der Waals surface area contributed by atoms with E-state index < -0.39 is 0 Å². The van der Waals surface area contributed by atoms with Gasteiger partial charge < -0.3 is 5.32 Å². The van der Waals surface area contributed by atoms with Crippen molar-refractivity contribution < 1.29 is 0 Å². The fourth-order valence-electron chi connectivity index (χ4n) is 2.10. The Morgan fingerprint density at radius 3 is 2.29 bits per heavy atom. The van der Waals surface area contributed by atoms with Gasteiger partial charge in [-0.3, -0.25) is 4.68 Å². The highest BCUT2D eigenvalue weighted by atomic mass is 15.2. The van der Waals surface area contributed by atoms with Crippen LogP contribution in [0.1, 0.15) is 22.4 Å². The molecule has 0 aliphatic carbocycles. The van der Waals surface area contributed by atoms with E-state index in [0.717, 1.165) is 12.2 Å². The highest BCUT2D eigenvalue weighted by Gasteiger charge is 2.02. The molecule has 0 aliphatic heterocycles. The van der Waals surface area contributed by atoms with Gasteiger partial charge in [0.25, 0.3) is 0 Å². The average molecular weight is 229 g/mol. The van der Waals surface area contributed by atoms with Gasteiger partial charge in [-0.05, 0) is 44.0 Å². The number of nitrogens with one attached hydrogen (secondary N) is 1. The number of rotatable bonds is 3. The molecule has 0 atom stereocenters. The molecule has 1 N–H and O–H groups in total. The molecular weight excluding hydrogens is 210 g/mol. The summed E-state index contributed by atoms with van der Waals surface area (Å²) in [5, 5.41) is 7.78. The second kappa shape index (κ2) is 4.62. The molecule has 0 saturated carbocycles. The van der Waals surface area contributed by atoms with Crippen molar-refractivity contribution in [1.82, 2.24) is 9.78 Å². The maximum atomic E-state index is 4.34. The molecule has 3 heteroatoms. The normalized spacial score (nSPS) is 10.6. The molecule has 0 bridgehead atoms. The Labute approximate surface area is 102 Å².